The Morgan fingerprint density at radius 2 is 1.79 bits per heavy atom. The summed E-state index contributed by atoms with van der Waals surface area (Å²) >= 11 is 1.54. The number of carbonyl (C=O) groups is 1. The number of para-hydroxylation sites is 1. The van der Waals surface area contributed by atoms with E-state index >= 15 is 0 Å². The molecular weight excluding hydrogens is 461 g/mol. The number of carbonyl (C=O) groups excluding carboxylic acids is 1. The first-order chi connectivity index (χ1) is 15.8. The molecule has 0 atom stereocenters. The van der Waals surface area contributed by atoms with Gasteiger partial charge in [0.05, 0.1) is 17.2 Å². The largest absolute Gasteiger partial charge is 0.339 e. The summed E-state index contributed by atoms with van der Waals surface area (Å²) in [5.74, 6) is -0.534. The molecule has 0 fully saturated rings. The van der Waals surface area contributed by atoms with Crippen LogP contribution in [0.2, 0.25) is 0 Å². The molecule has 0 aliphatic heterocycles. The zero-order valence-electron chi connectivity index (χ0n) is 18.0. The number of fused-ring (bicyclic) bond motifs is 1. The van der Waals surface area contributed by atoms with E-state index in [2.05, 4.69) is 10.6 Å². The molecule has 2 aromatic heterocycles. The van der Waals surface area contributed by atoms with Crippen LogP contribution in [0, 0.1) is 12.7 Å². The summed E-state index contributed by atoms with van der Waals surface area (Å²) in [4.78, 5) is 13.3. The van der Waals surface area contributed by atoms with Crippen LogP contribution in [-0.2, 0) is 22.9 Å². The fraction of sp³-hybridized carbons (Fsp3) is 0.208. The Bertz CT molecular complexity index is 1360. The van der Waals surface area contributed by atoms with E-state index in [4.69, 9.17) is 0 Å². The van der Waals surface area contributed by atoms with Gasteiger partial charge in [-0.3, -0.25) is 0 Å². The molecule has 0 saturated carbocycles. The molecule has 2 heterocycles. The number of benzene rings is 2. The van der Waals surface area contributed by atoms with Crippen molar-refractivity contribution in [2.24, 2.45) is 0 Å². The second-order valence-corrected chi connectivity index (χ2v) is 10.7. The Hall–Kier alpha value is -3.17. The number of nitrogens with zero attached hydrogens (tertiary/aromatic N) is 1. The maximum atomic E-state index is 13.3. The number of thiophene rings is 1. The van der Waals surface area contributed by atoms with Crippen molar-refractivity contribution in [3.05, 3.63) is 88.0 Å². The number of sulfone groups is 1. The molecule has 172 valence electrons. The molecule has 0 bridgehead atoms. The minimum absolute atomic E-state index is 0.00445. The fourth-order valence-corrected chi connectivity index (χ4v) is 6.10. The number of rotatable bonds is 8. The monoisotopic (exact) mass is 485 g/mol. The molecule has 2 N–H and O–H groups in total. The SMILES string of the molecule is Cc1c(S(=O)(=O)CCNC(=O)NCc2cccs2)c2ccccc2n1Cc1ccc(F)cc1. The summed E-state index contributed by atoms with van der Waals surface area (Å²) in [7, 11) is -3.67. The van der Waals surface area contributed by atoms with Gasteiger partial charge in [-0.2, -0.15) is 0 Å². The normalized spacial score (nSPS) is 11.6. The number of aromatic nitrogens is 1. The maximum absolute atomic E-state index is 13.3. The molecule has 2 amide bonds. The van der Waals surface area contributed by atoms with Gasteiger partial charge >= 0.3 is 6.03 Å². The van der Waals surface area contributed by atoms with Gasteiger partial charge in [0, 0.05) is 34.6 Å². The van der Waals surface area contributed by atoms with Crippen molar-refractivity contribution in [3.8, 4) is 0 Å². The Balaban J connectivity index is 1.51. The predicted octanol–water partition coefficient (Wildman–Crippen LogP) is 4.47. The number of halogens is 1. The van der Waals surface area contributed by atoms with Gasteiger partial charge < -0.3 is 15.2 Å². The van der Waals surface area contributed by atoms with Crippen molar-refractivity contribution < 1.29 is 17.6 Å². The average molecular weight is 486 g/mol. The summed E-state index contributed by atoms with van der Waals surface area (Å²) in [6, 6.07) is 16.9. The fourth-order valence-electron chi connectivity index (χ4n) is 3.81. The minimum atomic E-state index is -3.67. The third-order valence-electron chi connectivity index (χ3n) is 5.40. The van der Waals surface area contributed by atoms with Crippen molar-refractivity contribution in [1.82, 2.24) is 15.2 Å². The van der Waals surface area contributed by atoms with Crippen LogP contribution in [0.25, 0.3) is 10.9 Å². The molecular formula is C24H24FN3O3S2. The van der Waals surface area contributed by atoms with E-state index in [1.807, 2.05) is 34.2 Å². The number of hydrogen-bond donors (Lipinski definition) is 2. The molecule has 4 aromatic rings. The molecule has 0 unspecified atom stereocenters. The highest BCUT2D eigenvalue weighted by Gasteiger charge is 2.25. The molecule has 0 spiro atoms. The van der Waals surface area contributed by atoms with Gasteiger partial charge in [0.15, 0.2) is 9.84 Å². The molecule has 33 heavy (non-hydrogen) atoms. The van der Waals surface area contributed by atoms with E-state index in [1.54, 1.807) is 31.2 Å². The first kappa shape index (κ1) is 23.0. The lowest BCUT2D eigenvalue weighted by atomic mass is 10.2. The van der Waals surface area contributed by atoms with Gasteiger partial charge in [-0.05, 0) is 42.1 Å². The van der Waals surface area contributed by atoms with Crippen molar-refractivity contribution in [3.63, 3.8) is 0 Å². The molecule has 6 nitrogen and oxygen atoms in total. The van der Waals surface area contributed by atoms with Gasteiger partial charge in [-0.25, -0.2) is 17.6 Å². The van der Waals surface area contributed by atoms with Crippen LogP contribution in [0.1, 0.15) is 16.1 Å². The third-order valence-corrected chi connectivity index (χ3v) is 8.15. The van der Waals surface area contributed by atoms with E-state index in [0.717, 1.165) is 16.0 Å². The second-order valence-electron chi connectivity index (χ2n) is 7.65. The molecule has 0 aliphatic carbocycles. The number of hydrogen-bond acceptors (Lipinski definition) is 4. The van der Waals surface area contributed by atoms with Gasteiger partial charge in [0.1, 0.15) is 5.82 Å². The highest BCUT2D eigenvalue weighted by atomic mass is 32.2. The lowest BCUT2D eigenvalue weighted by Gasteiger charge is -2.10. The molecule has 0 saturated heterocycles. The zero-order valence-corrected chi connectivity index (χ0v) is 19.7. The Labute approximate surface area is 196 Å². The van der Waals surface area contributed by atoms with Crippen molar-refractivity contribution in [2.75, 3.05) is 12.3 Å². The van der Waals surface area contributed by atoms with Gasteiger partial charge in [-0.15, -0.1) is 11.3 Å². The zero-order chi connectivity index (χ0) is 23.4. The molecule has 2 aromatic carbocycles. The number of nitrogens with one attached hydrogen (secondary N) is 2. The standard InChI is InChI=1S/C24H24FN3O3S2/c1-17-23(33(30,31)14-12-26-24(29)27-15-20-5-4-13-32-20)21-6-2-3-7-22(21)28(17)16-18-8-10-19(25)11-9-18/h2-11,13H,12,14-16H2,1H3,(H2,26,27,29). The second kappa shape index (κ2) is 9.76. The lowest BCUT2D eigenvalue weighted by molar-refractivity contribution is 0.241. The topological polar surface area (TPSA) is 80.2 Å². The van der Waals surface area contributed by atoms with Crippen LogP contribution in [0.5, 0.6) is 0 Å². The average Bonchev–Trinajstić information content (AvgIpc) is 3.40. The Morgan fingerprint density at radius 3 is 2.52 bits per heavy atom. The summed E-state index contributed by atoms with van der Waals surface area (Å²) in [5.41, 5.74) is 2.27. The van der Waals surface area contributed by atoms with E-state index in [9.17, 15) is 17.6 Å². The first-order valence-electron chi connectivity index (χ1n) is 10.4. The van der Waals surface area contributed by atoms with E-state index in [1.165, 1.54) is 23.5 Å². The van der Waals surface area contributed by atoms with Gasteiger partial charge in [0.2, 0.25) is 0 Å². The van der Waals surface area contributed by atoms with Crippen LogP contribution >= 0.6 is 11.3 Å². The smallest absolute Gasteiger partial charge is 0.315 e. The molecule has 0 radical (unpaired) electrons. The third kappa shape index (κ3) is 5.26. The minimum Gasteiger partial charge on any atom is -0.339 e. The first-order valence-corrected chi connectivity index (χ1v) is 13.0. The number of urea groups is 1. The van der Waals surface area contributed by atoms with Gasteiger partial charge in [-0.1, -0.05) is 36.4 Å². The van der Waals surface area contributed by atoms with Crippen molar-refractivity contribution in [1.29, 1.82) is 0 Å². The lowest BCUT2D eigenvalue weighted by Crippen LogP contribution is -2.37. The van der Waals surface area contributed by atoms with Crippen LogP contribution in [-0.4, -0.2) is 31.3 Å². The summed E-state index contributed by atoms with van der Waals surface area (Å²) in [6.07, 6.45) is 0. The van der Waals surface area contributed by atoms with Crippen molar-refractivity contribution >= 4 is 38.1 Å². The molecule has 4 rings (SSSR count). The van der Waals surface area contributed by atoms with Crippen LogP contribution in [0.15, 0.2) is 70.9 Å². The highest BCUT2D eigenvalue weighted by molar-refractivity contribution is 7.91. The van der Waals surface area contributed by atoms with Crippen LogP contribution < -0.4 is 10.6 Å². The summed E-state index contributed by atoms with van der Waals surface area (Å²) < 4.78 is 41.8. The van der Waals surface area contributed by atoms with Crippen LogP contribution in [0.4, 0.5) is 9.18 Å². The van der Waals surface area contributed by atoms with Crippen LogP contribution in [0.3, 0.4) is 0 Å². The highest BCUT2D eigenvalue weighted by Crippen LogP contribution is 2.31. The summed E-state index contributed by atoms with van der Waals surface area (Å²) in [5, 5.41) is 7.91. The van der Waals surface area contributed by atoms with E-state index in [-0.39, 0.29) is 23.0 Å². The quantitative estimate of drug-likeness (QED) is 0.386. The van der Waals surface area contributed by atoms with Gasteiger partial charge in [0.25, 0.3) is 0 Å². The molecule has 0 aliphatic rings. The van der Waals surface area contributed by atoms with E-state index in [0.29, 0.717) is 24.2 Å². The van der Waals surface area contributed by atoms with Crippen molar-refractivity contribution in [2.45, 2.75) is 24.9 Å². The van der Waals surface area contributed by atoms with E-state index < -0.39 is 15.9 Å². The Morgan fingerprint density at radius 1 is 1.03 bits per heavy atom. The molecule has 9 heteroatoms. The summed E-state index contributed by atoms with van der Waals surface area (Å²) in [6.45, 7) is 2.59. The Kier molecular flexibility index (Phi) is 6.80. The maximum Gasteiger partial charge on any atom is 0.315 e. The number of amides is 2. The predicted molar refractivity (Wildman–Crippen MR) is 129 cm³/mol.